The number of amides is 2. The number of primary amides is 1. The van der Waals surface area contributed by atoms with Gasteiger partial charge in [0.25, 0.3) is 11.8 Å². The van der Waals surface area contributed by atoms with Gasteiger partial charge in [0.05, 0.1) is 12.7 Å². The van der Waals surface area contributed by atoms with Crippen molar-refractivity contribution >= 4 is 33.4 Å². The summed E-state index contributed by atoms with van der Waals surface area (Å²) >= 11 is 3.34. The first-order chi connectivity index (χ1) is 7.99. The van der Waals surface area contributed by atoms with Gasteiger partial charge in [0.1, 0.15) is 0 Å². The van der Waals surface area contributed by atoms with Crippen LogP contribution in [0.15, 0.2) is 28.7 Å². The standard InChI is InChI=1S/C11H14BrN3O2/c1-15(6-10(13)16)7-11(17)14-9-5-3-2-4-8(9)12/h2-5H,6-7H2,1H3,(H2,13,16)(H,14,17)/p+1. The van der Waals surface area contributed by atoms with E-state index in [0.717, 1.165) is 9.37 Å². The van der Waals surface area contributed by atoms with Crippen molar-refractivity contribution in [1.29, 1.82) is 0 Å². The molecule has 0 bridgehead atoms. The number of hydrogen-bond donors (Lipinski definition) is 3. The predicted molar refractivity (Wildman–Crippen MR) is 68.6 cm³/mol. The molecular weight excluding hydrogens is 286 g/mol. The first-order valence-electron chi connectivity index (χ1n) is 5.13. The Morgan fingerprint density at radius 3 is 2.59 bits per heavy atom. The fourth-order valence-corrected chi connectivity index (χ4v) is 1.77. The van der Waals surface area contributed by atoms with Gasteiger partial charge in [-0.15, -0.1) is 0 Å². The molecule has 1 atom stereocenters. The van der Waals surface area contributed by atoms with Gasteiger partial charge in [0.15, 0.2) is 13.1 Å². The molecule has 0 aromatic heterocycles. The summed E-state index contributed by atoms with van der Waals surface area (Å²) < 4.78 is 0.820. The fourth-order valence-electron chi connectivity index (χ4n) is 1.39. The molecule has 1 rings (SSSR count). The molecular formula is C11H15BrN3O2+. The smallest absolute Gasteiger partial charge is 0.279 e. The first-order valence-corrected chi connectivity index (χ1v) is 5.92. The number of nitrogens with one attached hydrogen (secondary N) is 2. The molecule has 0 spiro atoms. The summed E-state index contributed by atoms with van der Waals surface area (Å²) in [6.45, 7) is 0.341. The van der Waals surface area contributed by atoms with Crippen molar-refractivity contribution < 1.29 is 14.5 Å². The molecule has 6 heteroatoms. The summed E-state index contributed by atoms with van der Waals surface area (Å²) in [4.78, 5) is 23.1. The average molecular weight is 301 g/mol. The highest BCUT2D eigenvalue weighted by atomic mass is 79.9. The van der Waals surface area contributed by atoms with Crippen molar-refractivity contribution in [1.82, 2.24) is 0 Å². The Balaban J connectivity index is 2.50. The number of para-hydroxylation sites is 1. The molecule has 0 saturated heterocycles. The lowest BCUT2D eigenvalue weighted by Crippen LogP contribution is -3.11. The van der Waals surface area contributed by atoms with Crippen LogP contribution in [0, 0.1) is 0 Å². The number of benzene rings is 1. The van der Waals surface area contributed by atoms with Crippen LogP contribution in [-0.2, 0) is 9.59 Å². The quantitative estimate of drug-likeness (QED) is 0.678. The minimum absolute atomic E-state index is 0.142. The van der Waals surface area contributed by atoms with E-state index in [9.17, 15) is 9.59 Å². The number of nitrogens with two attached hydrogens (primary N) is 1. The van der Waals surface area contributed by atoms with E-state index in [4.69, 9.17) is 5.73 Å². The van der Waals surface area contributed by atoms with Crippen LogP contribution in [-0.4, -0.2) is 32.0 Å². The number of hydrogen-bond acceptors (Lipinski definition) is 2. The van der Waals surface area contributed by atoms with Crippen LogP contribution in [0.5, 0.6) is 0 Å². The molecule has 0 saturated carbocycles. The molecule has 0 heterocycles. The highest BCUT2D eigenvalue weighted by molar-refractivity contribution is 9.10. The van der Waals surface area contributed by atoms with Gasteiger partial charge in [0.2, 0.25) is 0 Å². The van der Waals surface area contributed by atoms with Crippen molar-refractivity contribution in [2.24, 2.45) is 5.73 Å². The molecule has 0 fully saturated rings. The highest BCUT2D eigenvalue weighted by Crippen LogP contribution is 2.20. The van der Waals surface area contributed by atoms with E-state index in [1.54, 1.807) is 13.1 Å². The minimum Gasteiger partial charge on any atom is -0.365 e. The molecule has 5 nitrogen and oxygen atoms in total. The molecule has 92 valence electrons. The molecule has 2 amide bonds. The van der Waals surface area contributed by atoms with Gasteiger partial charge in [-0.1, -0.05) is 12.1 Å². The third kappa shape index (κ3) is 4.97. The number of carbonyl (C=O) groups excluding carboxylic acids is 2. The summed E-state index contributed by atoms with van der Waals surface area (Å²) in [5, 5.41) is 2.76. The monoisotopic (exact) mass is 300 g/mol. The lowest BCUT2D eigenvalue weighted by Gasteiger charge is -2.12. The van der Waals surface area contributed by atoms with Crippen molar-refractivity contribution in [3.63, 3.8) is 0 Å². The molecule has 17 heavy (non-hydrogen) atoms. The Bertz CT molecular complexity index is 423. The van der Waals surface area contributed by atoms with Crippen LogP contribution in [0.1, 0.15) is 0 Å². The Morgan fingerprint density at radius 2 is 2.00 bits per heavy atom. The van der Waals surface area contributed by atoms with Crippen LogP contribution in [0.25, 0.3) is 0 Å². The van der Waals surface area contributed by atoms with E-state index in [0.29, 0.717) is 5.69 Å². The highest BCUT2D eigenvalue weighted by Gasteiger charge is 2.12. The van der Waals surface area contributed by atoms with Gasteiger partial charge in [-0.2, -0.15) is 0 Å². The molecule has 1 aromatic rings. The molecule has 0 aliphatic rings. The zero-order valence-corrected chi connectivity index (χ0v) is 11.1. The second-order valence-corrected chi connectivity index (χ2v) is 4.66. The van der Waals surface area contributed by atoms with E-state index in [1.165, 1.54) is 0 Å². The zero-order valence-electron chi connectivity index (χ0n) is 9.50. The first kappa shape index (κ1) is 13.7. The van der Waals surface area contributed by atoms with Gasteiger partial charge in [-0.3, -0.25) is 9.59 Å². The summed E-state index contributed by atoms with van der Waals surface area (Å²) in [5.41, 5.74) is 5.76. The SMILES string of the molecule is C[NH+](CC(N)=O)CC(=O)Nc1ccccc1Br. The third-order valence-corrected chi connectivity index (χ3v) is 2.78. The molecule has 0 aliphatic heterocycles. The van der Waals surface area contributed by atoms with E-state index in [2.05, 4.69) is 21.2 Å². The molecule has 1 unspecified atom stereocenters. The van der Waals surface area contributed by atoms with Crippen molar-refractivity contribution in [3.05, 3.63) is 28.7 Å². The van der Waals surface area contributed by atoms with Gasteiger partial charge in [0, 0.05) is 4.47 Å². The summed E-state index contributed by atoms with van der Waals surface area (Å²) in [6.07, 6.45) is 0. The maximum atomic E-state index is 11.7. The zero-order chi connectivity index (χ0) is 12.8. The van der Waals surface area contributed by atoms with Crippen LogP contribution in [0.4, 0.5) is 5.69 Å². The maximum absolute atomic E-state index is 11.7. The van der Waals surface area contributed by atoms with E-state index >= 15 is 0 Å². The third-order valence-electron chi connectivity index (χ3n) is 2.09. The van der Waals surface area contributed by atoms with Gasteiger partial charge >= 0.3 is 0 Å². The lowest BCUT2D eigenvalue weighted by atomic mass is 10.3. The van der Waals surface area contributed by atoms with Crippen LogP contribution in [0.2, 0.25) is 0 Å². The molecule has 0 aliphatic carbocycles. The van der Waals surface area contributed by atoms with Crippen LogP contribution >= 0.6 is 15.9 Å². The topological polar surface area (TPSA) is 76.6 Å². The van der Waals surface area contributed by atoms with Crippen molar-refractivity contribution in [2.45, 2.75) is 0 Å². The normalized spacial score (nSPS) is 11.9. The Hall–Kier alpha value is -1.40. The number of anilines is 1. The number of halogens is 1. The van der Waals surface area contributed by atoms with Crippen molar-refractivity contribution in [3.8, 4) is 0 Å². The van der Waals surface area contributed by atoms with Gasteiger partial charge in [-0.05, 0) is 28.1 Å². The Labute approximate surface area is 108 Å². The Morgan fingerprint density at radius 1 is 1.35 bits per heavy atom. The molecule has 4 N–H and O–H groups in total. The second kappa shape index (κ2) is 6.36. The molecule has 1 aromatic carbocycles. The predicted octanol–water partition coefficient (Wildman–Crippen LogP) is -0.612. The second-order valence-electron chi connectivity index (χ2n) is 3.80. The molecule has 0 radical (unpaired) electrons. The van der Waals surface area contributed by atoms with Crippen molar-refractivity contribution in [2.75, 3.05) is 25.5 Å². The van der Waals surface area contributed by atoms with Gasteiger partial charge < -0.3 is 16.0 Å². The lowest BCUT2D eigenvalue weighted by molar-refractivity contribution is -0.862. The summed E-state index contributed by atoms with van der Waals surface area (Å²) in [7, 11) is 1.74. The maximum Gasteiger partial charge on any atom is 0.279 e. The summed E-state index contributed by atoms with van der Waals surface area (Å²) in [5.74, 6) is -0.577. The number of carbonyl (C=O) groups is 2. The number of rotatable bonds is 5. The van der Waals surface area contributed by atoms with E-state index in [1.807, 2.05) is 18.2 Å². The number of likely N-dealkylation sites (N-methyl/N-ethyl adjacent to an activating group) is 1. The minimum atomic E-state index is -0.420. The van der Waals surface area contributed by atoms with Gasteiger partial charge in [-0.25, -0.2) is 0 Å². The van der Waals surface area contributed by atoms with E-state index < -0.39 is 5.91 Å². The number of quaternary nitrogens is 1. The van der Waals surface area contributed by atoms with E-state index in [-0.39, 0.29) is 19.0 Å². The average Bonchev–Trinajstić information content (AvgIpc) is 2.19. The fraction of sp³-hybridized carbons (Fsp3) is 0.273. The largest absolute Gasteiger partial charge is 0.365 e. The summed E-state index contributed by atoms with van der Waals surface area (Å²) in [6, 6.07) is 7.34. The van der Waals surface area contributed by atoms with Crippen LogP contribution < -0.4 is 16.0 Å². The Kier molecular flexibility index (Phi) is 5.11. The van der Waals surface area contributed by atoms with Crippen LogP contribution in [0.3, 0.4) is 0 Å².